The molecule has 0 amide bonds. The van der Waals surface area contributed by atoms with Gasteiger partial charge in [-0.25, -0.2) is 8.42 Å². The summed E-state index contributed by atoms with van der Waals surface area (Å²) in [5.41, 5.74) is -0.318. The molecule has 20 heavy (non-hydrogen) atoms. The Hall–Kier alpha value is -0.920. The lowest BCUT2D eigenvalue weighted by atomic mass is 9.90. The van der Waals surface area contributed by atoms with E-state index in [2.05, 4.69) is 21.1 Å². The van der Waals surface area contributed by atoms with Crippen LogP contribution in [0.4, 0.5) is 0 Å². The highest BCUT2D eigenvalue weighted by atomic mass is 79.9. The van der Waals surface area contributed by atoms with Gasteiger partial charge in [-0.1, -0.05) is 23.4 Å². The Kier molecular flexibility index (Phi) is 3.60. The van der Waals surface area contributed by atoms with Crippen LogP contribution in [0.3, 0.4) is 0 Å². The average Bonchev–Trinajstić information content (AvgIpc) is 2.81. The fourth-order valence-corrected chi connectivity index (χ4v) is 4.67. The van der Waals surface area contributed by atoms with E-state index in [1.165, 1.54) is 4.31 Å². The number of oxime groups is 1. The van der Waals surface area contributed by atoms with Crippen LogP contribution in [0.25, 0.3) is 0 Å². The van der Waals surface area contributed by atoms with Crippen LogP contribution in [0.15, 0.2) is 40.4 Å². The van der Waals surface area contributed by atoms with Gasteiger partial charge in [-0.2, -0.15) is 4.31 Å². The van der Waals surface area contributed by atoms with Gasteiger partial charge in [0.25, 0.3) is 0 Å². The molecule has 1 spiro atoms. The molecule has 1 aromatic carbocycles. The Balaban J connectivity index is 1.73. The van der Waals surface area contributed by atoms with Crippen molar-refractivity contribution in [3.63, 3.8) is 0 Å². The second-order valence-electron chi connectivity index (χ2n) is 5.14. The van der Waals surface area contributed by atoms with Crippen molar-refractivity contribution in [2.24, 2.45) is 5.16 Å². The summed E-state index contributed by atoms with van der Waals surface area (Å²) in [5, 5.41) is 3.92. The fourth-order valence-electron chi connectivity index (χ4n) is 2.62. The van der Waals surface area contributed by atoms with Gasteiger partial charge in [0.1, 0.15) is 10.2 Å². The molecule has 3 rings (SSSR count). The molecule has 1 aromatic rings. The molecule has 2 aliphatic rings. The molecule has 5 nitrogen and oxygen atoms in total. The summed E-state index contributed by atoms with van der Waals surface area (Å²) in [5.74, 6) is 0. The third-order valence-electron chi connectivity index (χ3n) is 3.82. The summed E-state index contributed by atoms with van der Waals surface area (Å²) < 4.78 is 27.3. The maximum atomic E-state index is 12.5. The van der Waals surface area contributed by atoms with E-state index in [0.717, 1.165) is 11.0 Å². The van der Waals surface area contributed by atoms with Gasteiger partial charge in [0.15, 0.2) is 0 Å². The maximum Gasteiger partial charge on any atom is 0.243 e. The molecule has 0 aliphatic carbocycles. The first kappa shape index (κ1) is 14.0. The van der Waals surface area contributed by atoms with E-state index in [0.29, 0.717) is 30.8 Å². The van der Waals surface area contributed by atoms with Gasteiger partial charge in [-0.3, -0.25) is 0 Å². The number of piperidine rings is 1. The van der Waals surface area contributed by atoms with Crippen molar-refractivity contribution < 1.29 is 13.3 Å². The van der Waals surface area contributed by atoms with Crippen molar-refractivity contribution in [1.29, 1.82) is 0 Å². The second kappa shape index (κ2) is 5.13. The van der Waals surface area contributed by atoms with Crippen LogP contribution in [0.2, 0.25) is 0 Å². The van der Waals surface area contributed by atoms with E-state index in [4.69, 9.17) is 4.84 Å². The topological polar surface area (TPSA) is 59.0 Å². The Labute approximate surface area is 126 Å². The molecule has 2 aliphatic heterocycles. The summed E-state index contributed by atoms with van der Waals surface area (Å²) in [4.78, 5) is 5.83. The maximum absolute atomic E-state index is 12.5. The van der Waals surface area contributed by atoms with E-state index in [1.807, 2.05) is 6.07 Å². The first-order chi connectivity index (χ1) is 9.52. The predicted octanol–water partition coefficient (Wildman–Crippen LogP) is 2.34. The molecule has 108 valence electrons. The standard InChI is InChI=1S/C13H15BrN2O3S/c14-12-10-13(19-15-12)6-8-16(9-7-13)20(17,18)11-4-2-1-3-5-11/h1-5H,6-10H2. The third-order valence-corrected chi connectivity index (χ3v) is 6.16. The van der Waals surface area contributed by atoms with Crippen molar-refractivity contribution in [2.45, 2.75) is 29.8 Å². The summed E-state index contributed by atoms with van der Waals surface area (Å²) >= 11 is 3.33. The molecule has 7 heteroatoms. The number of nitrogens with zero attached hydrogens (tertiary/aromatic N) is 2. The minimum Gasteiger partial charge on any atom is -0.388 e. The molecule has 1 saturated heterocycles. The van der Waals surface area contributed by atoms with Gasteiger partial charge in [0.05, 0.1) is 4.90 Å². The first-order valence-corrected chi connectivity index (χ1v) is 8.71. The molecule has 0 N–H and O–H groups in total. The second-order valence-corrected chi connectivity index (χ2v) is 7.99. The third kappa shape index (κ3) is 2.49. The quantitative estimate of drug-likeness (QED) is 0.815. The smallest absolute Gasteiger partial charge is 0.243 e. The van der Waals surface area contributed by atoms with Crippen LogP contribution in [-0.4, -0.2) is 36.0 Å². The molecular formula is C13H15BrN2O3S. The average molecular weight is 359 g/mol. The zero-order valence-electron chi connectivity index (χ0n) is 10.8. The van der Waals surface area contributed by atoms with Gasteiger partial charge in [-0.15, -0.1) is 0 Å². The Morgan fingerprint density at radius 3 is 2.40 bits per heavy atom. The summed E-state index contributed by atoms with van der Waals surface area (Å²) in [6.45, 7) is 0.931. The SMILES string of the molecule is O=S(=O)(c1ccccc1)N1CCC2(CC1)CC(Br)=NO2. The van der Waals surface area contributed by atoms with Crippen molar-refractivity contribution in [3.8, 4) is 0 Å². The molecule has 0 bridgehead atoms. The Bertz CT molecular complexity index is 622. The van der Waals surface area contributed by atoms with Gasteiger partial charge in [0.2, 0.25) is 10.0 Å². The highest BCUT2D eigenvalue weighted by molar-refractivity contribution is 9.18. The van der Waals surface area contributed by atoms with Crippen molar-refractivity contribution in [1.82, 2.24) is 4.31 Å². The number of hydrogen-bond acceptors (Lipinski definition) is 4. The molecule has 0 radical (unpaired) electrons. The highest BCUT2D eigenvalue weighted by Gasteiger charge is 2.43. The van der Waals surface area contributed by atoms with Crippen LogP contribution >= 0.6 is 15.9 Å². The number of rotatable bonds is 2. The number of benzene rings is 1. The highest BCUT2D eigenvalue weighted by Crippen LogP contribution is 2.37. The van der Waals surface area contributed by atoms with E-state index >= 15 is 0 Å². The minimum atomic E-state index is -3.39. The largest absolute Gasteiger partial charge is 0.388 e. The van der Waals surface area contributed by atoms with Gasteiger partial charge < -0.3 is 4.84 Å². The summed E-state index contributed by atoms with van der Waals surface area (Å²) in [7, 11) is -3.39. The van der Waals surface area contributed by atoms with Crippen LogP contribution in [0.5, 0.6) is 0 Å². The van der Waals surface area contributed by atoms with E-state index in [1.54, 1.807) is 24.3 Å². The lowest BCUT2D eigenvalue weighted by Crippen LogP contribution is -2.46. The molecule has 0 saturated carbocycles. The van der Waals surface area contributed by atoms with Crippen LogP contribution in [-0.2, 0) is 14.9 Å². The predicted molar refractivity (Wildman–Crippen MR) is 79.2 cm³/mol. The zero-order chi connectivity index (χ0) is 14.2. The molecule has 2 heterocycles. The Morgan fingerprint density at radius 2 is 1.85 bits per heavy atom. The van der Waals surface area contributed by atoms with E-state index < -0.39 is 10.0 Å². The molecule has 1 fully saturated rings. The van der Waals surface area contributed by atoms with E-state index in [-0.39, 0.29) is 5.60 Å². The number of sulfonamides is 1. The molecule has 0 atom stereocenters. The van der Waals surface area contributed by atoms with Crippen molar-refractivity contribution >= 4 is 30.6 Å². The van der Waals surface area contributed by atoms with Crippen LogP contribution < -0.4 is 0 Å². The van der Waals surface area contributed by atoms with Gasteiger partial charge in [-0.05, 0) is 28.1 Å². The van der Waals surface area contributed by atoms with Gasteiger partial charge in [0, 0.05) is 32.4 Å². The fraction of sp³-hybridized carbons (Fsp3) is 0.462. The lowest BCUT2D eigenvalue weighted by Gasteiger charge is -2.36. The Morgan fingerprint density at radius 1 is 1.20 bits per heavy atom. The van der Waals surface area contributed by atoms with E-state index in [9.17, 15) is 8.42 Å². The normalized spacial score (nSPS) is 22.6. The molecule has 0 unspecified atom stereocenters. The summed E-state index contributed by atoms with van der Waals surface area (Å²) in [6, 6.07) is 8.55. The van der Waals surface area contributed by atoms with Crippen molar-refractivity contribution in [3.05, 3.63) is 30.3 Å². The monoisotopic (exact) mass is 358 g/mol. The summed E-state index contributed by atoms with van der Waals surface area (Å²) in [6.07, 6.45) is 2.06. The first-order valence-electron chi connectivity index (χ1n) is 6.48. The minimum absolute atomic E-state index is 0.318. The van der Waals surface area contributed by atoms with Crippen LogP contribution in [0.1, 0.15) is 19.3 Å². The van der Waals surface area contributed by atoms with Gasteiger partial charge >= 0.3 is 0 Å². The number of hydrogen-bond donors (Lipinski definition) is 0. The molecule has 0 aromatic heterocycles. The molecular weight excluding hydrogens is 344 g/mol. The zero-order valence-corrected chi connectivity index (χ0v) is 13.2. The lowest BCUT2D eigenvalue weighted by molar-refractivity contribution is -0.0506. The number of halogens is 1. The van der Waals surface area contributed by atoms with Crippen molar-refractivity contribution in [2.75, 3.05) is 13.1 Å². The van der Waals surface area contributed by atoms with Crippen LogP contribution in [0, 0.1) is 0 Å².